The molecule has 5 nitrogen and oxygen atoms in total. The molecule has 0 aliphatic heterocycles. The summed E-state index contributed by atoms with van der Waals surface area (Å²) in [6, 6.07) is 4.09. The molecule has 0 spiro atoms. The molecule has 1 saturated carbocycles. The van der Waals surface area contributed by atoms with Crippen molar-refractivity contribution in [2.45, 2.75) is 39.2 Å². The van der Waals surface area contributed by atoms with Crippen molar-refractivity contribution in [3.8, 4) is 0 Å². The Bertz CT molecular complexity index is 572. The van der Waals surface area contributed by atoms with Crippen LogP contribution >= 0.6 is 11.6 Å². The molecule has 1 fully saturated rings. The van der Waals surface area contributed by atoms with Crippen LogP contribution in [0.3, 0.4) is 0 Å². The van der Waals surface area contributed by atoms with Crippen molar-refractivity contribution in [2.75, 3.05) is 5.32 Å². The number of carboxylic acids is 1. The smallest absolute Gasteiger partial charge is 0.337 e. The maximum atomic E-state index is 12.0. The summed E-state index contributed by atoms with van der Waals surface area (Å²) in [5.74, 6) is -1.13. The van der Waals surface area contributed by atoms with Gasteiger partial charge in [-0.2, -0.15) is 0 Å². The van der Waals surface area contributed by atoms with Gasteiger partial charge in [0.2, 0.25) is 0 Å². The zero-order chi connectivity index (χ0) is 15.6. The molecule has 1 atom stereocenters. The van der Waals surface area contributed by atoms with Crippen molar-refractivity contribution in [3.63, 3.8) is 0 Å². The summed E-state index contributed by atoms with van der Waals surface area (Å²) < 4.78 is 0. The van der Waals surface area contributed by atoms with E-state index in [-0.39, 0.29) is 28.7 Å². The summed E-state index contributed by atoms with van der Waals surface area (Å²) in [6.45, 7) is 4.35. The summed E-state index contributed by atoms with van der Waals surface area (Å²) in [5.41, 5.74) is 0.454. The molecule has 2 rings (SSSR count). The van der Waals surface area contributed by atoms with Crippen LogP contribution in [0, 0.1) is 5.41 Å². The van der Waals surface area contributed by atoms with Crippen molar-refractivity contribution in [1.29, 1.82) is 0 Å². The number of carbonyl (C=O) groups is 2. The van der Waals surface area contributed by atoms with Crippen molar-refractivity contribution in [2.24, 2.45) is 5.41 Å². The molecular formula is C15H19ClN2O3. The summed E-state index contributed by atoms with van der Waals surface area (Å²) in [7, 11) is 0. The van der Waals surface area contributed by atoms with Gasteiger partial charge in [0.25, 0.3) is 0 Å². The molecule has 1 aromatic rings. The first-order valence-corrected chi connectivity index (χ1v) is 7.25. The van der Waals surface area contributed by atoms with Crippen LogP contribution in [0.1, 0.15) is 43.5 Å². The summed E-state index contributed by atoms with van der Waals surface area (Å²) in [5, 5.41) is 14.9. The number of hydrogen-bond donors (Lipinski definition) is 3. The lowest BCUT2D eigenvalue weighted by atomic mass is 9.92. The average molecular weight is 311 g/mol. The highest BCUT2D eigenvalue weighted by Gasteiger charge is 2.31. The van der Waals surface area contributed by atoms with Crippen LogP contribution in [0.5, 0.6) is 0 Å². The molecule has 21 heavy (non-hydrogen) atoms. The van der Waals surface area contributed by atoms with Gasteiger partial charge in [0, 0.05) is 11.1 Å². The number of amides is 2. The first kappa shape index (κ1) is 15.6. The molecule has 0 radical (unpaired) electrons. The van der Waals surface area contributed by atoms with Crippen LogP contribution in [-0.4, -0.2) is 23.1 Å². The van der Waals surface area contributed by atoms with E-state index in [9.17, 15) is 9.59 Å². The highest BCUT2D eigenvalue weighted by atomic mass is 35.5. The third-order valence-corrected chi connectivity index (χ3v) is 4.00. The molecule has 0 saturated heterocycles. The summed E-state index contributed by atoms with van der Waals surface area (Å²) in [6.07, 6.45) is 2.93. The quantitative estimate of drug-likeness (QED) is 0.795. The fourth-order valence-corrected chi connectivity index (χ4v) is 2.88. The average Bonchev–Trinajstić information content (AvgIpc) is 2.70. The maximum absolute atomic E-state index is 12.0. The van der Waals surface area contributed by atoms with E-state index in [1.807, 2.05) is 0 Å². The monoisotopic (exact) mass is 310 g/mol. The van der Waals surface area contributed by atoms with Crippen LogP contribution in [-0.2, 0) is 0 Å². The second-order valence-electron chi connectivity index (χ2n) is 6.20. The molecule has 114 valence electrons. The number of aromatic carboxylic acids is 1. The van der Waals surface area contributed by atoms with Gasteiger partial charge < -0.3 is 15.7 Å². The van der Waals surface area contributed by atoms with Crippen LogP contribution in [0.4, 0.5) is 10.5 Å². The van der Waals surface area contributed by atoms with Crippen LogP contribution in [0.25, 0.3) is 0 Å². The first-order valence-electron chi connectivity index (χ1n) is 6.87. The van der Waals surface area contributed by atoms with E-state index >= 15 is 0 Å². The van der Waals surface area contributed by atoms with Crippen molar-refractivity contribution < 1.29 is 14.7 Å². The topological polar surface area (TPSA) is 78.4 Å². The standard InChI is InChI=1S/C15H19ClN2O3/c1-15(2)6-5-10(8-15)17-14(21)18-12-4-3-9(16)7-11(12)13(19)20/h3-4,7,10H,5-6,8H2,1-2H3,(H,19,20)(H2,17,18,21). The molecular weight excluding hydrogens is 292 g/mol. The molecule has 1 aliphatic rings. The van der Waals surface area contributed by atoms with Gasteiger partial charge in [-0.05, 0) is 42.9 Å². The number of carboxylic acid groups (broad SMARTS) is 1. The lowest BCUT2D eigenvalue weighted by Crippen LogP contribution is -2.37. The van der Waals surface area contributed by atoms with E-state index in [1.165, 1.54) is 12.1 Å². The molecule has 1 aliphatic carbocycles. The number of rotatable bonds is 3. The van der Waals surface area contributed by atoms with Crippen LogP contribution < -0.4 is 10.6 Å². The Balaban J connectivity index is 2.02. The third kappa shape index (κ3) is 4.11. The SMILES string of the molecule is CC1(C)CCC(NC(=O)Nc2ccc(Cl)cc2C(=O)O)C1. The van der Waals surface area contributed by atoms with E-state index in [4.69, 9.17) is 16.7 Å². The number of anilines is 1. The second-order valence-corrected chi connectivity index (χ2v) is 6.63. The minimum atomic E-state index is -1.13. The molecule has 6 heteroatoms. The Hall–Kier alpha value is -1.75. The van der Waals surface area contributed by atoms with E-state index in [2.05, 4.69) is 24.5 Å². The minimum absolute atomic E-state index is 0.0237. The molecule has 1 aromatic carbocycles. The molecule has 3 N–H and O–H groups in total. The van der Waals surface area contributed by atoms with Crippen molar-refractivity contribution in [3.05, 3.63) is 28.8 Å². The molecule has 0 bridgehead atoms. The number of benzene rings is 1. The Labute approximate surface area is 128 Å². The Kier molecular flexibility index (Phi) is 4.42. The lowest BCUT2D eigenvalue weighted by molar-refractivity contribution is 0.0698. The number of halogens is 1. The van der Waals surface area contributed by atoms with Crippen molar-refractivity contribution >= 4 is 29.3 Å². The van der Waals surface area contributed by atoms with Gasteiger partial charge in [-0.25, -0.2) is 9.59 Å². The van der Waals surface area contributed by atoms with Gasteiger partial charge in [0.15, 0.2) is 0 Å². The van der Waals surface area contributed by atoms with Gasteiger partial charge in [-0.3, -0.25) is 0 Å². The van der Waals surface area contributed by atoms with Gasteiger partial charge in [0.1, 0.15) is 0 Å². The lowest BCUT2D eigenvalue weighted by Gasteiger charge is -2.18. The Morgan fingerprint density at radius 3 is 2.67 bits per heavy atom. The van der Waals surface area contributed by atoms with Gasteiger partial charge in [0.05, 0.1) is 11.3 Å². The van der Waals surface area contributed by atoms with Crippen LogP contribution in [0.15, 0.2) is 18.2 Å². The van der Waals surface area contributed by atoms with Gasteiger partial charge in [-0.15, -0.1) is 0 Å². The maximum Gasteiger partial charge on any atom is 0.337 e. The zero-order valence-electron chi connectivity index (χ0n) is 12.1. The Morgan fingerprint density at radius 1 is 1.38 bits per heavy atom. The molecule has 0 aromatic heterocycles. The largest absolute Gasteiger partial charge is 0.478 e. The molecule has 0 heterocycles. The predicted octanol–water partition coefficient (Wildman–Crippen LogP) is 3.74. The fourth-order valence-electron chi connectivity index (χ4n) is 2.71. The normalized spacial score (nSPS) is 20.0. The third-order valence-electron chi connectivity index (χ3n) is 3.76. The number of hydrogen-bond acceptors (Lipinski definition) is 2. The highest BCUT2D eigenvalue weighted by molar-refractivity contribution is 6.31. The number of urea groups is 1. The van der Waals surface area contributed by atoms with E-state index in [0.717, 1.165) is 19.3 Å². The van der Waals surface area contributed by atoms with E-state index in [1.54, 1.807) is 6.07 Å². The van der Waals surface area contributed by atoms with E-state index in [0.29, 0.717) is 5.02 Å². The number of carbonyl (C=O) groups excluding carboxylic acids is 1. The Morgan fingerprint density at radius 2 is 2.10 bits per heavy atom. The van der Waals surface area contributed by atoms with Crippen LogP contribution in [0.2, 0.25) is 5.02 Å². The highest BCUT2D eigenvalue weighted by Crippen LogP contribution is 2.36. The first-order chi connectivity index (χ1) is 9.77. The van der Waals surface area contributed by atoms with E-state index < -0.39 is 5.97 Å². The fraction of sp³-hybridized carbons (Fsp3) is 0.467. The molecule has 1 unspecified atom stereocenters. The minimum Gasteiger partial charge on any atom is -0.478 e. The second kappa shape index (κ2) is 5.93. The predicted molar refractivity (Wildman–Crippen MR) is 82.0 cm³/mol. The van der Waals surface area contributed by atoms with Crippen molar-refractivity contribution in [1.82, 2.24) is 5.32 Å². The molecule has 2 amide bonds. The van der Waals surface area contributed by atoms with Gasteiger partial charge in [-0.1, -0.05) is 25.4 Å². The zero-order valence-corrected chi connectivity index (χ0v) is 12.8. The van der Waals surface area contributed by atoms with Gasteiger partial charge >= 0.3 is 12.0 Å². The summed E-state index contributed by atoms with van der Waals surface area (Å²) in [4.78, 5) is 23.1. The summed E-state index contributed by atoms with van der Waals surface area (Å²) >= 11 is 5.77. The number of nitrogens with one attached hydrogen (secondary N) is 2.